The molecule has 0 spiro atoms. The van der Waals surface area contributed by atoms with E-state index in [0.29, 0.717) is 10.6 Å². The number of thiophene rings is 1. The predicted octanol–water partition coefficient (Wildman–Crippen LogP) is 4.55. The summed E-state index contributed by atoms with van der Waals surface area (Å²) in [5, 5.41) is 3.39. The van der Waals surface area contributed by atoms with Gasteiger partial charge in [0.2, 0.25) is 5.76 Å². The van der Waals surface area contributed by atoms with Crippen molar-refractivity contribution in [3.05, 3.63) is 41.0 Å². The molecule has 0 aliphatic rings. The smallest absolute Gasteiger partial charge is 0.452 e. The maximum atomic E-state index is 12.8. The molecule has 0 saturated heterocycles. The minimum absolute atomic E-state index is 0.0908. The van der Waals surface area contributed by atoms with Gasteiger partial charge in [-0.15, -0.1) is 11.3 Å². The van der Waals surface area contributed by atoms with Gasteiger partial charge in [-0.25, -0.2) is 8.42 Å². The molecule has 0 fully saturated rings. The lowest BCUT2D eigenvalue weighted by Crippen LogP contribution is -2.13. The minimum Gasteiger partial charge on any atom is -0.497 e. The molecular weight excluding hydrogens is 433 g/mol. The number of nitrogens with one attached hydrogen (secondary N) is 1. The first kappa shape index (κ1) is 21.0. The quantitative estimate of drug-likeness (QED) is 0.595. The van der Waals surface area contributed by atoms with E-state index < -0.39 is 22.0 Å². The molecule has 1 aromatic carbocycles. The third kappa shape index (κ3) is 4.32. The largest absolute Gasteiger partial charge is 0.497 e. The SMILES string of the molecule is COc1ccc(NS(=O)(=O)c2cc(-c3cc(C(F)(F)F)on3)sc2C)c(OC)c1. The zero-order chi connectivity index (χ0) is 21.4. The highest BCUT2D eigenvalue weighted by atomic mass is 32.2. The molecule has 0 aliphatic heterocycles. The van der Waals surface area contributed by atoms with Crippen LogP contribution in [0.1, 0.15) is 10.6 Å². The fourth-order valence-corrected chi connectivity index (χ4v) is 5.08. The Labute approximate surface area is 168 Å². The fraction of sp³-hybridized carbons (Fsp3) is 0.235. The number of hydrogen-bond donors (Lipinski definition) is 1. The molecule has 2 heterocycles. The summed E-state index contributed by atoms with van der Waals surface area (Å²) < 4.78 is 80.7. The summed E-state index contributed by atoms with van der Waals surface area (Å²) >= 11 is 0.985. The first-order valence-electron chi connectivity index (χ1n) is 7.94. The third-order valence-corrected chi connectivity index (χ3v) is 6.55. The molecule has 0 radical (unpaired) electrons. The van der Waals surface area contributed by atoms with E-state index in [9.17, 15) is 21.6 Å². The Hall–Kier alpha value is -2.73. The molecule has 1 N–H and O–H groups in total. The van der Waals surface area contributed by atoms with Crippen LogP contribution < -0.4 is 14.2 Å². The molecule has 7 nitrogen and oxygen atoms in total. The summed E-state index contributed by atoms with van der Waals surface area (Å²) in [5.74, 6) is -0.540. The van der Waals surface area contributed by atoms with Crippen molar-refractivity contribution in [1.82, 2.24) is 5.16 Å². The number of anilines is 1. The highest BCUT2D eigenvalue weighted by Crippen LogP contribution is 2.38. The Morgan fingerprint density at radius 1 is 1.14 bits per heavy atom. The lowest BCUT2D eigenvalue weighted by molar-refractivity contribution is -0.155. The lowest BCUT2D eigenvalue weighted by atomic mass is 10.3. The Balaban J connectivity index is 1.94. The summed E-state index contributed by atoms with van der Waals surface area (Å²) in [6.45, 7) is 1.54. The number of aryl methyl sites for hydroxylation is 1. The van der Waals surface area contributed by atoms with Crippen molar-refractivity contribution in [3.8, 4) is 22.1 Å². The monoisotopic (exact) mass is 448 g/mol. The van der Waals surface area contributed by atoms with Crippen LogP contribution in [-0.4, -0.2) is 27.8 Å². The van der Waals surface area contributed by atoms with E-state index >= 15 is 0 Å². The number of aromatic nitrogens is 1. The Morgan fingerprint density at radius 3 is 2.45 bits per heavy atom. The van der Waals surface area contributed by atoms with Gasteiger partial charge in [-0.05, 0) is 25.1 Å². The van der Waals surface area contributed by atoms with Crippen LogP contribution in [0.25, 0.3) is 10.6 Å². The summed E-state index contributed by atoms with van der Waals surface area (Å²) in [5.41, 5.74) is 0.0788. The molecule has 0 aliphatic carbocycles. The van der Waals surface area contributed by atoms with Crippen molar-refractivity contribution < 1.29 is 35.6 Å². The molecule has 0 amide bonds. The maximum absolute atomic E-state index is 12.8. The van der Waals surface area contributed by atoms with Gasteiger partial charge < -0.3 is 14.0 Å². The van der Waals surface area contributed by atoms with Crippen molar-refractivity contribution in [2.75, 3.05) is 18.9 Å². The van der Waals surface area contributed by atoms with E-state index in [4.69, 9.17) is 9.47 Å². The molecule has 156 valence electrons. The van der Waals surface area contributed by atoms with E-state index in [1.54, 1.807) is 13.0 Å². The van der Waals surface area contributed by atoms with Crippen molar-refractivity contribution in [2.45, 2.75) is 18.0 Å². The topological polar surface area (TPSA) is 90.7 Å². The predicted molar refractivity (Wildman–Crippen MR) is 99.9 cm³/mol. The van der Waals surface area contributed by atoms with Crippen molar-refractivity contribution in [1.29, 1.82) is 0 Å². The molecule has 3 aromatic rings. The van der Waals surface area contributed by atoms with E-state index in [1.165, 1.54) is 32.4 Å². The van der Waals surface area contributed by atoms with Gasteiger partial charge in [0.05, 0.1) is 24.8 Å². The molecular formula is C17H15F3N2O5S2. The molecule has 3 rings (SSSR count). The second-order valence-corrected chi connectivity index (χ2v) is 8.68. The summed E-state index contributed by atoms with van der Waals surface area (Å²) in [4.78, 5) is 0.507. The van der Waals surface area contributed by atoms with Crippen molar-refractivity contribution in [3.63, 3.8) is 0 Å². The van der Waals surface area contributed by atoms with Gasteiger partial charge in [0.25, 0.3) is 10.0 Å². The highest BCUT2D eigenvalue weighted by molar-refractivity contribution is 7.93. The Bertz CT molecular complexity index is 1140. The number of benzene rings is 1. The second kappa shape index (κ2) is 7.59. The average molecular weight is 448 g/mol. The number of alkyl halides is 3. The Kier molecular flexibility index (Phi) is 5.50. The molecule has 0 bridgehead atoms. The number of nitrogens with zero attached hydrogens (tertiary/aromatic N) is 1. The minimum atomic E-state index is -4.68. The highest BCUT2D eigenvalue weighted by Gasteiger charge is 2.36. The third-order valence-electron chi connectivity index (χ3n) is 3.86. The number of ether oxygens (including phenoxy) is 2. The van der Waals surface area contributed by atoms with Gasteiger partial charge in [-0.1, -0.05) is 5.16 Å². The average Bonchev–Trinajstić information content (AvgIpc) is 3.28. The first-order chi connectivity index (χ1) is 13.5. The lowest BCUT2D eigenvalue weighted by Gasteiger charge is -2.12. The molecule has 2 aromatic heterocycles. The maximum Gasteiger partial charge on any atom is 0.452 e. The molecule has 0 saturated carbocycles. The van der Waals surface area contributed by atoms with E-state index in [2.05, 4.69) is 14.4 Å². The molecule has 0 atom stereocenters. The number of hydrogen-bond acceptors (Lipinski definition) is 7. The van der Waals surface area contributed by atoms with Crippen LogP contribution in [0.5, 0.6) is 11.5 Å². The van der Waals surface area contributed by atoms with Crippen LogP contribution in [0.3, 0.4) is 0 Å². The van der Waals surface area contributed by atoms with Gasteiger partial charge in [-0.2, -0.15) is 13.2 Å². The fourth-order valence-electron chi connectivity index (χ4n) is 2.47. The molecule has 0 unspecified atom stereocenters. The van der Waals surface area contributed by atoms with Crippen molar-refractivity contribution >= 4 is 27.0 Å². The van der Waals surface area contributed by atoms with Gasteiger partial charge in [0.1, 0.15) is 22.1 Å². The van der Waals surface area contributed by atoms with Gasteiger partial charge >= 0.3 is 6.18 Å². The van der Waals surface area contributed by atoms with Crippen LogP contribution in [0, 0.1) is 6.92 Å². The number of rotatable bonds is 6. The number of methoxy groups -OCH3 is 2. The second-order valence-electron chi connectivity index (χ2n) is 5.78. The van der Waals surface area contributed by atoms with Crippen LogP contribution >= 0.6 is 11.3 Å². The summed E-state index contributed by atoms with van der Waals surface area (Å²) in [7, 11) is -1.21. The van der Waals surface area contributed by atoms with Crippen LogP contribution in [-0.2, 0) is 16.2 Å². The summed E-state index contributed by atoms with van der Waals surface area (Å²) in [6, 6.07) is 6.52. The molecule has 12 heteroatoms. The zero-order valence-corrected chi connectivity index (χ0v) is 17.0. The number of halogens is 3. The van der Waals surface area contributed by atoms with E-state index in [1.807, 2.05) is 0 Å². The van der Waals surface area contributed by atoms with E-state index in [-0.39, 0.29) is 26.9 Å². The number of sulfonamides is 1. The zero-order valence-electron chi connectivity index (χ0n) is 15.3. The van der Waals surface area contributed by atoms with Crippen LogP contribution in [0.15, 0.2) is 39.8 Å². The Morgan fingerprint density at radius 2 is 1.86 bits per heavy atom. The van der Waals surface area contributed by atoms with E-state index in [0.717, 1.165) is 17.4 Å². The van der Waals surface area contributed by atoms with Crippen LogP contribution in [0.4, 0.5) is 18.9 Å². The van der Waals surface area contributed by atoms with Crippen LogP contribution in [0.2, 0.25) is 0 Å². The normalized spacial score (nSPS) is 12.1. The molecule has 29 heavy (non-hydrogen) atoms. The van der Waals surface area contributed by atoms with Gasteiger partial charge in [0.15, 0.2) is 0 Å². The van der Waals surface area contributed by atoms with Gasteiger partial charge in [-0.3, -0.25) is 4.72 Å². The van der Waals surface area contributed by atoms with Gasteiger partial charge in [0, 0.05) is 17.0 Å². The first-order valence-corrected chi connectivity index (χ1v) is 10.2. The van der Waals surface area contributed by atoms with Crippen molar-refractivity contribution in [2.24, 2.45) is 0 Å². The summed E-state index contributed by atoms with van der Waals surface area (Å²) in [6.07, 6.45) is -4.68. The standard InChI is InChI=1S/C17H15F3N2O5S2/c1-9-15(8-14(28-9)12-7-16(27-21-12)17(18,19)20)29(23,24)22-11-5-4-10(25-2)6-13(11)26-3/h4-8,22H,1-3H3.